The number of hydrogen-bond acceptors (Lipinski definition) is 15. The highest BCUT2D eigenvalue weighted by Gasteiger charge is 2.46. The molecule has 10 atom stereocenters. The Balaban J connectivity index is 1.58. The summed E-state index contributed by atoms with van der Waals surface area (Å²) < 4.78 is 28.0. The smallest absolute Gasteiger partial charge is 0.239 e. The Morgan fingerprint density at radius 3 is 2.05 bits per heavy atom. The number of hydrogen-bond donors (Lipinski definition) is 9. The normalized spacial score (nSPS) is 33.4. The predicted octanol–water partition coefficient (Wildman–Crippen LogP) is -1.74. The second kappa shape index (κ2) is 11.6. The van der Waals surface area contributed by atoms with Crippen molar-refractivity contribution in [1.82, 2.24) is 0 Å². The van der Waals surface area contributed by atoms with E-state index < -0.39 is 90.3 Å². The fraction of sp³-hybridized carbons (Fsp3) is 0.444. The number of fused-ring (bicyclic) bond motifs is 1. The summed E-state index contributed by atoms with van der Waals surface area (Å²) in [6.45, 7) is 0.702. The minimum atomic E-state index is -1.87. The molecule has 2 aliphatic heterocycles. The van der Waals surface area contributed by atoms with Crippen LogP contribution in [0.3, 0.4) is 0 Å². The molecule has 0 spiro atoms. The Kier molecular flexibility index (Phi) is 8.30. The van der Waals surface area contributed by atoms with Crippen molar-refractivity contribution in [2.75, 3.05) is 6.61 Å². The number of aliphatic hydroxyl groups excluding tert-OH is 7. The third-order valence-corrected chi connectivity index (χ3v) is 7.18. The minimum absolute atomic E-state index is 0.112. The van der Waals surface area contributed by atoms with Crippen LogP contribution in [0.1, 0.15) is 6.92 Å². The second-order valence-electron chi connectivity index (χ2n) is 10.1. The van der Waals surface area contributed by atoms with Crippen molar-refractivity contribution in [2.24, 2.45) is 0 Å². The summed E-state index contributed by atoms with van der Waals surface area (Å²) in [6, 6.07) is 7.53. The molecule has 0 radical (unpaired) electrons. The highest BCUT2D eigenvalue weighted by atomic mass is 16.7. The minimum Gasteiger partial charge on any atom is -0.508 e. The van der Waals surface area contributed by atoms with E-state index in [-0.39, 0.29) is 28.4 Å². The SMILES string of the molecule is C[C@@H]1O[C@@H](Oc2cc(O)c3c(=O)c(O[C@H]4O[C@H](CO)[C@H](O)[C@H](O)[C@H]4O)c(-c4ccc(O)cc4)oc3c2)[C@H](O)[C@H](O)[C@H]1O. The molecule has 3 heterocycles. The van der Waals surface area contributed by atoms with E-state index in [1.165, 1.54) is 37.3 Å². The maximum absolute atomic E-state index is 13.7. The van der Waals surface area contributed by atoms with Gasteiger partial charge in [-0.2, -0.15) is 0 Å². The van der Waals surface area contributed by atoms with E-state index in [0.29, 0.717) is 0 Å². The van der Waals surface area contributed by atoms with E-state index in [9.17, 15) is 50.8 Å². The Morgan fingerprint density at radius 2 is 1.40 bits per heavy atom. The number of ether oxygens (including phenoxy) is 4. The molecular weight excluding hydrogens is 564 g/mol. The van der Waals surface area contributed by atoms with Crippen molar-refractivity contribution in [3.05, 3.63) is 46.6 Å². The van der Waals surface area contributed by atoms with Gasteiger partial charge in [0.15, 0.2) is 5.76 Å². The van der Waals surface area contributed by atoms with Crippen LogP contribution in [0.4, 0.5) is 0 Å². The zero-order chi connectivity index (χ0) is 30.5. The molecule has 2 aromatic carbocycles. The zero-order valence-electron chi connectivity index (χ0n) is 21.9. The van der Waals surface area contributed by atoms with Crippen LogP contribution < -0.4 is 14.9 Å². The summed E-state index contributed by atoms with van der Waals surface area (Å²) in [5.74, 6) is -1.77. The van der Waals surface area contributed by atoms with Crippen molar-refractivity contribution in [2.45, 2.75) is 68.3 Å². The number of benzene rings is 2. The summed E-state index contributed by atoms with van der Waals surface area (Å²) in [7, 11) is 0. The lowest BCUT2D eigenvalue weighted by atomic mass is 9.99. The Hall–Kier alpha value is -3.51. The molecule has 1 aromatic heterocycles. The molecule has 0 unspecified atom stereocenters. The van der Waals surface area contributed by atoms with E-state index in [2.05, 4.69) is 0 Å². The maximum atomic E-state index is 13.7. The van der Waals surface area contributed by atoms with E-state index in [1.807, 2.05) is 0 Å². The summed E-state index contributed by atoms with van der Waals surface area (Å²) in [5, 5.41) is 90.7. The molecule has 15 nitrogen and oxygen atoms in total. The van der Waals surface area contributed by atoms with Crippen molar-refractivity contribution in [3.63, 3.8) is 0 Å². The zero-order valence-corrected chi connectivity index (χ0v) is 21.9. The molecule has 2 saturated heterocycles. The lowest BCUT2D eigenvalue weighted by molar-refractivity contribution is -0.277. The van der Waals surface area contributed by atoms with Gasteiger partial charge in [0, 0.05) is 17.7 Å². The van der Waals surface area contributed by atoms with E-state index in [4.69, 9.17) is 23.4 Å². The Labute approximate surface area is 236 Å². The summed E-state index contributed by atoms with van der Waals surface area (Å²) in [6.07, 6.45) is -15.5. The van der Waals surface area contributed by atoms with E-state index in [1.54, 1.807) is 0 Å². The van der Waals surface area contributed by atoms with Crippen LogP contribution in [-0.4, -0.2) is 114 Å². The molecule has 0 amide bonds. The summed E-state index contributed by atoms with van der Waals surface area (Å²) in [4.78, 5) is 13.7. The average molecular weight is 595 g/mol. The number of phenols is 2. The fourth-order valence-corrected chi connectivity index (χ4v) is 4.76. The average Bonchev–Trinajstić information content (AvgIpc) is 2.96. The van der Waals surface area contributed by atoms with Gasteiger partial charge in [0.05, 0.1) is 12.7 Å². The molecule has 2 fully saturated rings. The highest BCUT2D eigenvalue weighted by Crippen LogP contribution is 2.38. The molecular formula is C27H30O15. The molecule has 5 rings (SSSR count). The molecule has 228 valence electrons. The third-order valence-electron chi connectivity index (χ3n) is 7.18. The van der Waals surface area contributed by atoms with Crippen molar-refractivity contribution >= 4 is 11.0 Å². The molecule has 15 heteroatoms. The van der Waals surface area contributed by atoms with Gasteiger partial charge < -0.3 is 69.3 Å². The van der Waals surface area contributed by atoms with Crippen LogP contribution in [0.5, 0.6) is 23.0 Å². The molecule has 0 saturated carbocycles. The first kappa shape index (κ1) is 30.0. The summed E-state index contributed by atoms with van der Waals surface area (Å²) >= 11 is 0. The summed E-state index contributed by atoms with van der Waals surface area (Å²) in [5.41, 5.74) is -1.01. The fourth-order valence-electron chi connectivity index (χ4n) is 4.76. The van der Waals surface area contributed by atoms with Gasteiger partial charge in [-0.3, -0.25) is 4.79 Å². The van der Waals surface area contributed by atoms with Gasteiger partial charge >= 0.3 is 0 Å². The number of rotatable bonds is 6. The molecule has 2 aliphatic rings. The van der Waals surface area contributed by atoms with Gasteiger partial charge in [0.1, 0.15) is 70.9 Å². The van der Waals surface area contributed by atoms with Crippen LogP contribution in [0, 0.1) is 0 Å². The number of phenolic OH excluding ortho intramolecular Hbond substituents is 2. The third kappa shape index (κ3) is 5.37. The van der Waals surface area contributed by atoms with Crippen LogP contribution in [0.15, 0.2) is 45.6 Å². The quantitative estimate of drug-likeness (QED) is 0.154. The lowest BCUT2D eigenvalue weighted by Crippen LogP contribution is -2.60. The lowest BCUT2D eigenvalue weighted by Gasteiger charge is -2.39. The predicted molar refractivity (Wildman–Crippen MR) is 139 cm³/mol. The largest absolute Gasteiger partial charge is 0.508 e. The van der Waals surface area contributed by atoms with Gasteiger partial charge in [0.25, 0.3) is 0 Å². The van der Waals surface area contributed by atoms with Crippen molar-refractivity contribution in [1.29, 1.82) is 0 Å². The highest BCUT2D eigenvalue weighted by molar-refractivity contribution is 5.88. The van der Waals surface area contributed by atoms with Gasteiger partial charge in [0.2, 0.25) is 23.8 Å². The van der Waals surface area contributed by atoms with Gasteiger partial charge in [-0.05, 0) is 31.2 Å². The van der Waals surface area contributed by atoms with Gasteiger partial charge in [-0.25, -0.2) is 0 Å². The monoisotopic (exact) mass is 594 g/mol. The van der Waals surface area contributed by atoms with Crippen LogP contribution >= 0.6 is 0 Å². The standard InChI is InChI=1S/C27H30O15/c1-9-17(31)20(34)22(36)26(38-9)39-12-6-13(30)16-14(7-12)40-24(10-2-4-11(29)5-3-10)25(19(16)33)42-27-23(37)21(35)18(32)15(8-28)41-27/h2-7,9,15,17-18,20-23,26-32,34-37H,8H2,1H3/t9-,15+,17-,18-,20+,21-,22+,23+,26-,27+/m0/s1. The second-order valence-corrected chi connectivity index (χ2v) is 10.1. The Bertz CT molecular complexity index is 1470. The molecule has 9 N–H and O–H groups in total. The topological polar surface area (TPSA) is 249 Å². The molecule has 0 aliphatic carbocycles. The first-order valence-corrected chi connectivity index (χ1v) is 12.9. The van der Waals surface area contributed by atoms with Gasteiger partial charge in [-0.1, -0.05) is 0 Å². The first-order chi connectivity index (χ1) is 19.9. The van der Waals surface area contributed by atoms with E-state index in [0.717, 1.165) is 6.07 Å². The first-order valence-electron chi connectivity index (χ1n) is 12.9. The van der Waals surface area contributed by atoms with Crippen molar-refractivity contribution in [3.8, 4) is 34.3 Å². The van der Waals surface area contributed by atoms with Crippen LogP contribution in [0.25, 0.3) is 22.3 Å². The molecule has 42 heavy (non-hydrogen) atoms. The van der Waals surface area contributed by atoms with Gasteiger partial charge in [-0.15, -0.1) is 0 Å². The van der Waals surface area contributed by atoms with Crippen molar-refractivity contribution < 1.29 is 69.3 Å². The Morgan fingerprint density at radius 1 is 0.786 bits per heavy atom. The molecule has 3 aromatic rings. The molecule has 0 bridgehead atoms. The van der Waals surface area contributed by atoms with E-state index >= 15 is 0 Å². The van der Waals surface area contributed by atoms with Crippen LogP contribution in [-0.2, 0) is 9.47 Å². The maximum Gasteiger partial charge on any atom is 0.239 e. The number of aliphatic hydroxyl groups is 7. The van der Waals surface area contributed by atoms with Crippen LogP contribution in [0.2, 0.25) is 0 Å². The number of aromatic hydroxyl groups is 2.